The molecule has 0 saturated heterocycles. The lowest BCUT2D eigenvalue weighted by Gasteiger charge is -2.19. The summed E-state index contributed by atoms with van der Waals surface area (Å²) in [4.78, 5) is 0. The van der Waals surface area contributed by atoms with E-state index in [1.165, 1.54) is 57.1 Å². The molecule has 0 aliphatic heterocycles. The summed E-state index contributed by atoms with van der Waals surface area (Å²) in [5, 5.41) is 8.22. The molecule has 0 spiro atoms. The molecule has 0 radical (unpaired) electrons. The molecule has 0 fully saturated rings. The Morgan fingerprint density at radius 1 is 1.05 bits per heavy atom. The highest BCUT2D eigenvalue weighted by atomic mass is 15.3. The normalized spacial score (nSPS) is 12.8. The van der Waals surface area contributed by atoms with Crippen LogP contribution in [0.5, 0.6) is 0 Å². The van der Waals surface area contributed by atoms with Crippen LogP contribution in [-0.2, 0) is 6.54 Å². The molecule has 1 heterocycles. The maximum Gasteiger partial charge on any atom is 0.0597 e. The van der Waals surface area contributed by atoms with Gasteiger partial charge in [0.2, 0.25) is 0 Å². The van der Waals surface area contributed by atoms with E-state index in [9.17, 15) is 0 Å². The lowest BCUT2D eigenvalue weighted by Crippen LogP contribution is -2.23. The van der Waals surface area contributed by atoms with Crippen LogP contribution in [0.25, 0.3) is 0 Å². The highest BCUT2D eigenvalue weighted by Crippen LogP contribution is 2.21. The van der Waals surface area contributed by atoms with E-state index in [1.807, 2.05) is 0 Å². The third-order valence-electron chi connectivity index (χ3n) is 4.14. The van der Waals surface area contributed by atoms with Crippen LogP contribution >= 0.6 is 0 Å². The van der Waals surface area contributed by atoms with Crippen molar-refractivity contribution in [3.05, 3.63) is 17.5 Å². The number of aryl methyl sites for hydroxylation is 2. The molecule has 0 aromatic carbocycles. The third-order valence-corrected chi connectivity index (χ3v) is 4.14. The van der Waals surface area contributed by atoms with Crippen LogP contribution in [0.1, 0.15) is 89.6 Å². The van der Waals surface area contributed by atoms with Gasteiger partial charge >= 0.3 is 0 Å². The summed E-state index contributed by atoms with van der Waals surface area (Å²) in [6.45, 7) is 10.7. The average molecular weight is 293 g/mol. The number of nitrogens with one attached hydrogen (secondary N) is 1. The topological polar surface area (TPSA) is 29.9 Å². The molecule has 0 aliphatic rings. The molecule has 0 saturated carbocycles. The van der Waals surface area contributed by atoms with E-state index in [0.29, 0.717) is 6.04 Å². The van der Waals surface area contributed by atoms with Gasteiger partial charge < -0.3 is 5.32 Å². The van der Waals surface area contributed by atoms with Gasteiger partial charge in [-0.25, -0.2) is 0 Å². The van der Waals surface area contributed by atoms with Gasteiger partial charge in [-0.15, -0.1) is 0 Å². The molecule has 0 amide bonds. The van der Waals surface area contributed by atoms with Crippen LogP contribution in [0.4, 0.5) is 0 Å². The van der Waals surface area contributed by atoms with Crippen LogP contribution in [0.3, 0.4) is 0 Å². The molecule has 0 bridgehead atoms. The predicted molar refractivity (Wildman–Crippen MR) is 91.7 cm³/mol. The van der Waals surface area contributed by atoms with Crippen molar-refractivity contribution in [1.82, 2.24) is 15.1 Å². The Kier molecular flexibility index (Phi) is 9.40. The fraction of sp³-hybridized carbons (Fsp3) is 0.833. The number of unbranched alkanes of at least 4 members (excludes halogenated alkanes) is 6. The molecule has 1 N–H and O–H groups in total. The second-order valence-electron chi connectivity index (χ2n) is 6.05. The second kappa shape index (κ2) is 10.8. The number of rotatable bonds is 12. The van der Waals surface area contributed by atoms with Crippen molar-refractivity contribution in [1.29, 1.82) is 0 Å². The molecule has 21 heavy (non-hydrogen) atoms. The first-order chi connectivity index (χ1) is 10.2. The van der Waals surface area contributed by atoms with Crippen molar-refractivity contribution in [3.8, 4) is 0 Å². The highest BCUT2D eigenvalue weighted by Gasteiger charge is 2.15. The second-order valence-corrected chi connectivity index (χ2v) is 6.05. The van der Waals surface area contributed by atoms with Gasteiger partial charge in [0.25, 0.3) is 0 Å². The van der Waals surface area contributed by atoms with Crippen LogP contribution in [-0.4, -0.2) is 16.3 Å². The third kappa shape index (κ3) is 6.64. The summed E-state index contributed by atoms with van der Waals surface area (Å²) in [6.07, 6.45) is 10.9. The molecule has 1 aromatic rings. The molecular weight excluding hydrogens is 258 g/mol. The Hall–Kier alpha value is -0.830. The predicted octanol–water partition coefficient (Wildman–Crippen LogP) is 5.00. The zero-order valence-electron chi connectivity index (χ0n) is 14.6. The minimum Gasteiger partial charge on any atom is -0.309 e. The van der Waals surface area contributed by atoms with E-state index >= 15 is 0 Å². The van der Waals surface area contributed by atoms with Crippen molar-refractivity contribution in [2.45, 2.75) is 91.6 Å². The smallest absolute Gasteiger partial charge is 0.0597 e. The first-order valence-electron chi connectivity index (χ1n) is 9.00. The van der Waals surface area contributed by atoms with Gasteiger partial charge in [-0.05, 0) is 32.9 Å². The molecule has 1 aromatic heterocycles. The standard InChI is InChI=1S/C18H35N3/c1-5-8-9-10-11-12-13-14-17(19-6-2)18-15-16(4)20-21(18)7-3/h15,17,19H,5-14H2,1-4H3. The molecule has 0 aliphatic carbocycles. The summed E-state index contributed by atoms with van der Waals surface area (Å²) in [5.41, 5.74) is 2.50. The van der Waals surface area contributed by atoms with E-state index in [1.54, 1.807) is 0 Å². The van der Waals surface area contributed by atoms with Crippen LogP contribution in [0, 0.1) is 6.92 Å². The summed E-state index contributed by atoms with van der Waals surface area (Å²) in [5.74, 6) is 0. The fourth-order valence-corrected chi connectivity index (χ4v) is 3.01. The van der Waals surface area contributed by atoms with Crippen molar-refractivity contribution >= 4 is 0 Å². The Morgan fingerprint density at radius 3 is 2.33 bits per heavy atom. The molecule has 3 heteroatoms. The van der Waals surface area contributed by atoms with Gasteiger partial charge in [-0.1, -0.05) is 58.8 Å². The van der Waals surface area contributed by atoms with Gasteiger partial charge in [0, 0.05) is 12.6 Å². The van der Waals surface area contributed by atoms with E-state index in [-0.39, 0.29) is 0 Å². The largest absolute Gasteiger partial charge is 0.309 e. The lowest BCUT2D eigenvalue weighted by atomic mass is 10.0. The van der Waals surface area contributed by atoms with Gasteiger partial charge in [0.05, 0.1) is 11.4 Å². The van der Waals surface area contributed by atoms with E-state index in [2.05, 4.69) is 48.9 Å². The molecule has 1 unspecified atom stereocenters. The molecule has 3 nitrogen and oxygen atoms in total. The lowest BCUT2D eigenvalue weighted by molar-refractivity contribution is 0.442. The highest BCUT2D eigenvalue weighted by molar-refractivity contribution is 5.13. The minimum atomic E-state index is 0.465. The number of hydrogen-bond donors (Lipinski definition) is 1. The first kappa shape index (κ1) is 18.2. The SMILES string of the molecule is CCCCCCCCCC(NCC)c1cc(C)nn1CC. The Balaban J connectivity index is 2.39. The fourth-order valence-electron chi connectivity index (χ4n) is 3.01. The van der Waals surface area contributed by atoms with Crippen LogP contribution < -0.4 is 5.32 Å². The van der Waals surface area contributed by atoms with Crippen molar-refractivity contribution in [2.24, 2.45) is 0 Å². The zero-order chi connectivity index (χ0) is 15.5. The van der Waals surface area contributed by atoms with Crippen molar-refractivity contribution in [3.63, 3.8) is 0 Å². The van der Waals surface area contributed by atoms with Crippen molar-refractivity contribution in [2.75, 3.05) is 6.54 Å². The first-order valence-corrected chi connectivity index (χ1v) is 9.00. The number of aromatic nitrogens is 2. The molecule has 122 valence electrons. The Morgan fingerprint density at radius 2 is 1.71 bits per heavy atom. The summed E-state index contributed by atoms with van der Waals surface area (Å²) in [6, 6.07) is 2.71. The van der Waals surface area contributed by atoms with Crippen LogP contribution in [0.2, 0.25) is 0 Å². The van der Waals surface area contributed by atoms with E-state index in [4.69, 9.17) is 0 Å². The van der Waals surface area contributed by atoms with Gasteiger partial charge in [0.1, 0.15) is 0 Å². The van der Waals surface area contributed by atoms with Gasteiger partial charge in [-0.3, -0.25) is 4.68 Å². The Bertz CT molecular complexity index is 371. The maximum atomic E-state index is 4.59. The molecule has 1 atom stereocenters. The summed E-state index contributed by atoms with van der Waals surface area (Å²) < 4.78 is 2.16. The molecule has 1 rings (SSSR count). The van der Waals surface area contributed by atoms with Crippen molar-refractivity contribution < 1.29 is 0 Å². The van der Waals surface area contributed by atoms with E-state index < -0.39 is 0 Å². The molecular formula is C18H35N3. The quantitative estimate of drug-likeness (QED) is 0.549. The number of nitrogens with zero attached hydrogens (tertiary/aromatic N) is 2. The summed E-state index contributed by atoms with van der Waals surface area (Å²) >= 11 is 0. The van der Waals surface area contributed by atoms with Crippen LogP contribution in [0.15, 0.2) is 6.07 Å². The van der Waals surface area contributed by atoms with E-state index in [0.717, 1.165) is 18.8 Å². The zero-order valence-corrected chi connectivity index (χ0v) is 14.6. The minimum absolute atomic E-state index is 0.465. The van der Waals surface area contributed by atoms with Gasteiger partial charge in [0.15, 0.2) is 0 Å². The van der Waals surface area contributed by atoms with Gasteiger partial charge in [-0.2, -0.15) is 5.10 Å². The summed E-state index contributed by atoms with van der Waals surface area (Å²) in [7, 11) is 0. The monoisotopic (exact) mass is 293 g/mol. The average Bonchev–Trinajstić information content (AvgIpc) is 2.86. The Labute approximate surface area is 131 Å². The number of hydrogen-bond acceptors (Lipinski definition) is 2. The maximum absolute atomic E-state index is 4.59.